The molecule has 1 heterocycles. The van der Waals surface area contributed by atoms with Gasteiger partial charge in [0, 0.05) is 25.7 Å². The number of likely N-dealkylation sites (tertiary alicyclic amines) is 1. The summed E-state index contributed by atoms with van der Waals surface area (Å²) in [5.74, 6) is 0. The van der Waals surface area contributed by atoms with Crippen LogP contribution in [0.25, 0.3) is 0 Å². The van der Waals surface area contributed by atoms with Crippen molar-refractivity contribution in [2.24, 2.45) is 0 Å². The van der Waals surface area contributed by atoms with Crippen molar-refractivity contribution >= 4 is 0 Å². The Morgan fingerprint density at radius 1 is 1.45 bits per heavy atom. The van der Waals surface area contributed by atoms with Gasteiger partial charge in [0.15, 0.2) is 0 Å². The molecule has 0 amide bonds. The number of rotatable bonds is 2. The summed E-state index contributed by atoms with van der Waals surface area (Å²) in [6.45, 7) is 7.93. The maximum atomic E-state index is 5.36. The van der Waals surface area contributed by atoms with Crippen molar-refractivity contribution in [3.8, 4) is 0 Å². The number of methoxy groups -OCH3 is 1. The maximum absolute atomic E-state index is 5.36. The summed E-state index contributed by atoms with van der Waals surface area (Å²) in [5.41, 5.74) is 0. The van der Waals surface area contributed by atoms with Crippen molar-refractivity contribution in [1.29, 1.82) is 0 Å². The van der Waals surface area contributed by atoms with Crippen molar-refractivity contribution in [1.82, 2.24) is 4.90 Å². The minimum atomic E-state index is 0.456. The van der Waals surface area contributed by atoms with Gasteiger partial charge in [0.25, 0.3) is 0 Å². The number of ether oxygens (including phenoxy) is 1. The van der Waals surface area contributed by atoms with E-state index >= 15 is 0 Å². The van der Waals surface area contributed by atoms with Crippen molar-refractivity contribution in [3.63, 3.8) is 0 Å². The summed E-state index contributed by atoms with van der Waals surface area (Å²) in [6.07, 6.45) is 1.65. The van der Waals surface area contributed by atoms with Crippen LogP contribution in [0.1, 0.15) is 27.2 Å². The van der Waals surface area contributed by atoms with Gasteiger partial charge in [-0.05, 0) is 27.2 Å². The van der Waals surface area contributed by atoms with Crippen LogP contribution in [0.15, 0.2) is 0 Å². The van der Waals surface area contributed by atoms with E-state index in [9.17, 15) is 0 Å². The minimum Gasteiger partial charge on any atom is -0.380 e. The zero-order valence-corrected chi connectivity index (χ0v) is 8.00. The largest absolute Gasteiger partial charge is 0.380 e. The molecule has 0 aromatic carbocycles. The lowest BCUT2D eigenvalue weighted by atomic mass is 10.2. The van der Waals surface area contributed by atoms with E-state index in [0.29, 0.717) is 18.2 Å². The zero-order valence-electron chi connectivity index (χ0n) is 8.00. The molecule has 2 nitrogen and oxygen atoms in total. The lowest BCUT2D eigenvalue weighted by Gasteiger charge is -2.27. The highest BCUT2D eigenvalue weighted by Crippen LogP contribution is 2.21. The predicted octanol–water partition coefficient (Wildman–Crippen LogP) is 1.50. The monoisotopic (exact) mass is 157 g/mol. The topological polar surface area (TPSA) is 12.5 Å². The maximum Gasteiger partial charge on any atom is 0.0736 e. The van der Waals surface area contributed by atoms with Crippen LogP contribution in [0.5, 0.6) is 0 Å². The summed E-state index contributed by atoms with van der Waals surface area (Å²) in [4.78, 5) is 2.49. The average molecular weight is 157 g/mol. The molecule has 0 N–H and O–H groups in total. The van der Waals surface area contributed by atoms with Gasteiger partial charge in [0.05, 0.1) is 6.10 Å². The smallest absolute Gasteiger partial charge is 0.0736 e. The van der Waals surface area contributed by atoms with E-state index in [0.717, 1.165) is 0 Å². The first-order chi connectivity index (χ1) is 5.16. The molecule has 2 atom stereocenters. The molecule has 66 valence electrons. The molecule has 1 aliphatic heterocycles. The number of hydrogen-bond donors (Lipinski definition) is 0. The SMILES string of the molecule is COC1CCN(C(C)C)C1C. The van der Waals surface area contributed by atoms with Crippen LogP contribution in [-0.2, 0) is 4.74 Å². The molecule has 11 heavy (non-hydrogen) atoms. The molecular weight excluding hydrogens is 138 g/mol. The first-order valence-corrected chi connectivity index (χ1v) is 4.45. The van der Waals surface area contributed by atoms with Crippen molar-refractivity contribution in [2.45, 2.75) is 45.4 Å². The fourth-order valence-corrected chi connectivity index (χ4v) is 1.98. The van der Waals surface area contributed by atoms with Gasteiger partial charge in [-0.1, -0.05) is 0 Å². The molecule has 0 saturated carbocycles. The van der Waals surface area contributed by atoms with Crippen LogP contribution in [0.2, 0.25) is 0 Å². The first kappa shape index (κ1) is 9.01. The predicted molar refractivity (Wildman–Crippen MR) is 46.7 cm³/mol. The van der Waals surface area contributed by atoms with Crippen LogP contribution < -0.4 is 0 Å². The molecule has 2 unspecified atom stereocenters. The Labute approximate surface area is 69.5 Å². The van der Waals surface area contributed by atoms with Gasteiger partial charge >= 0.3 is 0 Å². The highest BCUT2D eigenvalue weighted by atomic mass is 16.5. The average Bonchev–Trinajstić information content (AvgIpc) is 2.30. The first-order valence-electron chi connectivity index (χ1n) is 4.45. The number of hydrogen-bond acceptors (Lipinski definition) is 2. The molecule has 0 radical (unpaired) electrons. The molecule has 1 saturated heterocycles. The van der Waals surface area contributed by atoms with Gasteiger partial charge in [0.2, 0.25) is 0 Å². The lowest BCUT2D eigenvalue weighted by molar-refractivity contribution is 0.0653. The van der Waals surface area contributed by atoms with Crippen LogP contribution in [0, 0.1) is 0 Å². The van der Waals surface area contributed by atoms with Gasteiger partial charge in [0.1, 0.15) is 0 Å². The third-order valence-electron chi connectivity index (χ3n) is 2.70. The Kier molecular flexibility index (Phi) is 2.90. The second-order valence-corrected chi connectivity index (χ2v) is 3.64. The van der Waals surface area contributed by atoms with Crippen molar-refractivity contribution in [2.75, 3.05) is 13.7 Å². The molecule has 0 aromatic rings. The molecule has 1 aliphatic rings. The molecule has 0 aliphatic carbocycles. The van der Waals surface area contributed by atoms with E-state index in [-0.39, 0.29) is 0 Å². The molecular formula is C9H19NO. The van der Waals surface area contributed by atoms with E-state index in [1.165, 1.54) is 13.0 Å². The summed E-state index contributed by atoms with van der Waals surface area (Å²) in [5, 5.41) is 0. The van der Waals surface area contributed by atoms with Crippen LogP contribution in [0.3, 0.4) is 0 Å². The second-order valence-electron chi connectivity index (χ2n) is 3.64. The van der Waals surface area contributed by atoms with E-state index < -0.39 is 0 Å². The molecule has 0 aromatic heterocycles. The van der Waals surface area contributed by atoms with Crippen LogP contribution >= 0.6 is 0 Å². The van der Waals surface area contributed by atoms with E-state index in [2.05, 4.69) is 25.7 Å². The molecule has 0 bridgehead atoms. The minimum absolute atomic E-state index is 0.456. The standard InChI is InChI=1S/C9H19NO/c1-7(2)10-6-5-9(11-4)8(10)3/h7-9H,5-6H2,1-4H3. The third kappa shape index (κ3) is 1.74. The van der Waals surface area contributed by atoms with Crippen LogP contribution in [-0.4, -0.2) is 36.7 Å². The molecule has 1 fully saturated rings. The van der Waals surface area contributed by atoms with E-state index in [4.69, 9.17) is 4.74 Å². The van der Waals surface area contributed by atoms with Gasteiger partial charge in [-0.3, -0.25) is 4.90 Å². The highest BCUT2D eigenvalue weighted by Gasteiger charge is 2.31. The molecule has 2 heteroatoms. The summed E-state index contributed by atoms with van der Waals surface area (Å²) in [6, 6.07) is 1.25. The highest BCUT2D eigenvalue weighted by molar-refractivity contribution is 4.86. The summed E-state index contributed by atoms with van der Waals surface area (Å²) >= 11 is 0. The normalized spacial score (nSPS) is 33.5. The quantitative estimate of drug-likeness (QED) is 0.602. The Bertz CT molecular complexity index is 125. The fourth-order valence-electron chi connectivity index (χ4n) is 1.98. The Balaban J connectivity index is 2.48. The number of nitrogens with zero attached hydrogens (tertiary/aromatic N) is 1. The summed E-state index contributed by atoms with van der Waals surface area (Å²) < 4.78 is 5.36. The molecule has 0 spiro atoms. The van der Waals surface area contributed by atoms with Gasteiger partial charge in [-0.25, -0.2) is 0 Å². The zero-order chi connectivity index (χ0) is 8.43. The Morgan fingerprint density at radius 2 is 2.09 bits per heavy atom. The van der Waals surface area contributed by atoms with Gasteiger partial charge in [-0.2, -0.15) is 0 Å². The van der Waals surface area contributed by atoms with E-state index in [1.807, 2.05) is 7.11 Å². The summed E-state index contributed by atoms with van der Waals surface area (Å²) in [7, 11) is 1.81. The van der Waals surface area contributed by atoms with E-state index in [1.54, 1.807) is 0 Å². The third-order valence-corrected chi connectivity index (χ3v) is 2.70. The Hall–Kier alpha value is -0.0800. The van der Waals surface area contributed by atoms with Crippen LogP contribution in [0.4, 0.5) is 0 Å². The lowest BCUT2D eigenvalue weighted by Crippen LogP contribution is -2.37. The second kappa shape index (κ2) is 3.55. The van der Waals surface area contributed by atoms with Gasteiger partial charge in [-0.15, -0.1) is 0 Å². The molecule has 1 rings (SSSR count). The fraction of sp³-hybridized carbons (Fsp3) is 1.00. The Morgan fingerprint density at radius 3 is 2.36 bits per heavy atom. The van der Waals surface area contributed by atoms with Gasteiger partial charge < -0.3 is 4.74 Å². The van der Waals surface area contributed by atoms with Crippen molar-refractivity contribution in [3.05, 3.63) is 0 Å². The van der Waals surface area contributed by atoms with Crippen molar-refractivity contribution < 1.29 is 4.74 Å².